The van der Waals surface area contributed by atoms with Crippen LogP contribution < -0.4 is 0 Å². The molecule has 0 saturated heterocycles. The Bertz CT molecular complexity index is 464. The summed E-state index contributed by atoms with van der Waals surface area (Å²) in [5.74, 6) is 3.34. The van der Waals surface area contributed by atoms with Gasteiger partial charge in [-0.05, 0) is 51.8 Å². The summed E-state index contributed by atoms with van der Waals surface area (Å²) in [4.78, 5) is 0. The van der Waals surface area contributed by atoms with Gasteiger partial charge in [-0.2, -0.15) is 0 Å². The second-order valence-electron chi connectivity index (χ2n) is 6.48. The molecule has 0 radical (unpaired) electrons. The molecule has 0 atom stereocenters. The van der Waals surface area contributed by atoms with Crippen molar-refractivity contribution in [1.29, 1.82) is 0 Å². The monoisotopic (exact) mass is 356 g/mol. The molecule has 0 aromatic heterocycles. The molecule has 0 aliphatic carbocycles. The van der Waals surface area contributed by atoms with E-state index >= 15 is 0 Å². The lowest BCUT2D eigenvalue weighted by atomic mass is 9.86. The summed E-state index contributed by atoms with van der Waals surface area (Å²) in [6.45, 7) is 13.6. The van der Waals surface area contributed by atoms with E-state index in [0.717, 1.165) is 5.56 Å². The van der Waals surface area contributed by atoms with Crippen LogP contribution in [0.3, 0.4) is 0 Å². The Balaban J connectivity index is 3.18. The van der Waals surface area contributed by atoms with Crippen molar-refractivity contribution in [3.8, 4) is 11.5 Å². The van der Waals surface area contributed by atoms with E-state index in [1.165, 1.54) is 9.13 Å². The molecule has 1 aromatic carbocycles. The van der Waals surface area contributed by atoms with E-state index in [9.17, 15) is 0 Å². The Kier molecular flexibility index (Phi) is 4.48. The summed E-state index contributed by atoms with van der Waals surface area (Å²) in [6, 6.07) is 6.65. The quantitative estimate of drug-likeness (QED) is 0.355. The summed E-state index contributed by atoms with van der Waals surface area (Å²) in [7, 11) is -1.28. The van der Waals surface area contributed by atoms with E-state index in [2.05, 4.69) is 92.7 Å². The Morgan fingerprint density at radius 3 is 2.12 bits per heavy atom. The van der Waals surface area contributed by atoms with Gasteiger partial charge in [-0.3, -0.25) is 0 Å². The van der Waals surface area contributed by atoms with Crippen LogP contribution in [-0.2, 0) is 5.41 Å². The van der Waals surface area contributed by atoms with E-state index in [1.807, 2.05) is 0 Å². The zero-order valence-electron chi connectivity index (χ0n) is 11.6. The van der Waals surface area contributed by atoms with Gasteiger partial charge >= 0.3 is 0 Å². The Hall–Kier alpha value is -0.273. The minimum Gasteiger partial charge on any atom is -0.127 e. The summed E-state index contributed by atoms with van der Waals surface area (Å²) in [5, 5.41) is 0. The first kappa shape index (κ1) is 14.8. The molecule has 0 unspecified atom stereocenters. The number of halogens is 1. The van der Waals surface area contributed by atoms with Crippen molar-refractivity contribution >= 4 is 30.7 Å². The van der Waals surface area contributed by atoms with Crippen molar-refractivity contribution in [2.45, 2.75) is 45.8 Å². The van der Waals surface area contributed by atoms with Gasteiger partial charge < -0.3 is 0 Å². The first-order valence-electron chi connectivity index (χ1n) is 5.92. The van der Waals surface area contributed by atoms with Crippen molar-refractivity contribution < 1.29 is 0 Å². The van der Waals surface area contributed by atoms with E-state index < -0.39 is 8.07 Å². The number of rotatable bonds is 0. The highest BCUT2D eigenvalue weighted by molar-refractivity contribution is 14.1. The van der Waals surface area contributed by atoms with Gasteiger partial charge in [0.15, 0.2) is 0 Å². The molecule has 0 heterocycles. The third-order valence-corrected chi connectivity index (χ3v) is 3.84. The molecule has 0 amide bonds. The number of hydrogen-bond acceptors (Lipinski definition) is 0. The summed E-state index contributed by atoms with van der Waals surface area (Å²) >= 11 is 2.38. The van der Waals surface area contributed by atoms with Crippen LogP contribution in [0.25, 0.3) is 0 Å². The molecular formula is C15H21ISi. The highest BCUT2D eigenvalue weighted by Gasteiger charge is 2.14. The molecule has 1 rings (SSSR count). The highest BCUT2D eigenvalue weighted by atomic mass is 127. The van der Waals surface area contributed by atoms with Crippen LogP contribution in [0.1, 0.15) is 31.9 Å². The molecule has 0 fully saturated rings. The first-order valence-corrected chi connectivity index (χ1v) is 10.5. The Morgan fingerprint density at radius 2 is 1.65 bits per heavy atom. The fourth-order valence-corrected chi connectivity index (χ4v) is 2.54. The second-order valence-corrected chi connectivity index (χ2v) is 12.5. The van der Waals surface area contributed by atoms with Crippen LogP contribution in [0, 0.1) is 15.0 Å². The average Bonchev–Trinajstić information content (AvgIpc) is 2.11. The lowest BCUT2D eigenvalue weighted by Gasteiger charge is -2.19. The molecule has 0 saturated carbocycles. The minimum atomic E-state index is -1.28. The molecule has 2 heteroatoms. The molecule has 0 bridgehead atoms. The summed E-state index contributed by atoms with van der Waals surface area (Å²) < 4.78 is 1.27. The maximum absolute atomic E-state index is 3.43. The van der Waals surface area contributed by atoms with Crippen LogP contribution >= 0.6 is 22.6 Å². The van der Waals surface area contributed by atoms with Crippen molar-refractivity contribution in [3.05, 3.63) is 32.9 Å². The van der Waals surface area contributed by atoms with Crippen molar-refractivity contribution in [2.24, 2.45) is 0 Å². The van der Waals surface area contributed by atoms with E-state index in [4.69, 9.17) is 0 Å². The lowest BCUT2D eigenvalue weighted by molar-refractivity contribution is 0.589. The third-order valence-electron chi connectivity index (χ3n) is 2.35. The largest absolute Gasteiger partial charge is 0.129 e. The maximum atomic E-state index is 3.43. The van der Waals surface area contributed by atoms with Gasteiger partial charge in [0.25, 0.3) is 0 Å². The van der Waals surface area contributed by atoms with Gasteiger partial charge in [-0.1, -0.05) is 46.3 Å². The predicted molar refractivity (Wildman–Crippen MR) is 88.1 cm³/mol. The van der Waals surface area contributed by atoms with Gasteiger partial charge in [0.1, 0.15) is 8.07 Å². The van der Waals surface area contributed by atoms with Crippen molar-refractivity contribution in [1.82, 2.24) is 0 Å². The minimum absolute atomic E-state index is 0.191. The number of hydrogen-bond donors (Lipinski definition) is 0. The standard InChI is InChI=1S/C15H21ISi/c1-15(2,3)13-9-12(10-14(16)11-13)7-8-17(4,5)6/h9-11H,1-6H3. The Labute approximate surface area is 120 Å². The van der Waals surface area contributed by atoms with Crippen LogP contribution in [-0.4, -0.2) is 8.07 Å². The molecular weight excluding hydrogens is 335 g/mol. The van der Waals surface area contributed by atoms with Crippen molar-refractivity contribution in [3.63, 3.8) is 0 Å². The fourth-order valence-electron chi connectivity index (χ4n) is 1.35. The fraction of sp³-hybridized carbons (Fsp3) is 0.467. The average molecular weight is 356 g/mol. The van der Waals surface area contributed by atoms with Gasteiger partial charge in [0, 0.05) is 9.13 Å². The maximum Gasteiger partial charge on any atom is 0.129 e. The zero-order valence-corrected chi connectivity index (χ0v) is 14.8. The van der Waals surface area contributed by atoms with Crippen LogP contribution in [0.2, 0.25) is 19.6 Å². The molecule has 0 aliphatic rings. The predicted octanol–water partition coefficient (Wildman–Crippen LogP) is 4.82. The zero-order chi connectivity index (χ0) is 13.3. The Morgan fingerprint density at radius 1 is 1.06 bits per heavy atom. The van der Waals surface area contributed by atoms with E-state index in [-0.39, 0.29) is 5.41 Å². The molecule has 0 nitrogen and oxygen atoms in total. The SMILES string of the molecule is CC(C)(C)c1cc(I)cc(C#C[Si](C)(C)C)c1. The van der Waals surface area contributed by atoms with Gasteiger partial charge in [-0.25, -0.2) is 0 Å². The third kappa shape index (κ3) is 5.26. The first-order chi connectivity index (χ1) is 7.58. The normalized spacial score (nSPS) is 11.9. The topological polar surface area (TPSA) is 0 Å². The van der Waals surface area contributed by atoms with E-state index in [1.54, 1.807) is 0 Å². The molecule has 0 N–H and O–H groups in total. The van der Waals surface area contributed by atoms with E-state index in [0.29, 0.717) is 0 Å². The van der Waals surface area contributed by atoms with Gasteiger partial charge in [0.05, 0.1) is 0 Å². The van der Waals surface area contributed by atoms with Crippen LogP contribution in [0.15, 0.2) is 18.2 Å². The second kappa shape index (κ2) is 5.15. The smallest absolute Gasteiger partial charge is 0.127 e. The van der Waals surface area contributed by atoms with Crippen LogP contribution in [0.5, 0.6) is 0 Å². The van der Waals surface area contributed by atoms with Crippen molar-refractivity contribution in [2.75, 3.05) is 0 Å². The van der Waals surface area contributed by atoms with Crippen LogP contribution in [0.4, 0.5) is 0 Å². The van der Waals surface area contributed by atoms with Gasteiger partial charge in [0.2, 0.25) is 0 Å². The molecule has 17 heavy (non-hydrogen) atoms. The van der Waals surface area contributed by atoms with Gasteiger partial charge in [-0.15, -0.1) is 5.54 Å². The number of benzene rings is 1. The summed E-state index contributed by atoms with van der Waals surface area (Å²) in [5.41, 5.74) is 6.14. The molecule has 0 aliphatic heterocycles. The lowest BCUT2D eigenvalue weighted by Crippen LogP contribution is -2.16. The summed E-state index contributed by atoms with van der Waals surface area (Å²) in [6.07, 6.45) is 0. The molecule has 1 aromatic rings. The molecule has 0 spiro atoms. The molecule has 92 valence electrons. The highest BCUT2D eigenvalue weighted by Crippen LogP contribution is 2.25.